The fourth-order valence-electron chi connectivity index (χ4n) is 3.61. The van der Waals surface area contributed by atoms with Crippen LogP contribution < -0.4 is 4.74 Å². The highest BCUT2D eigenvalue weighted by molar-refractivity contribution is 6.33. The first kappa shape index (κ1) is 18.7. The third kappa shape index (κ3) is 3.68. The summed E-state index contributed by atoms with van der Waals surface area (Å²) in [7, 11) is 0. The summed E-state index contributed by atoms with van der Waals surface area (Å²) in [6.45, 7) is -0.109. The fourth-order valence-corrected chi connectivity index (χ4v) is 3.86. The highest BCUT2D eigenvalue weighted by Gasteiger charge is 2.27. The number of fused-ring (bicyclic) bond motifs is 1. The molecule has 0 saturated heterocycles. The number of rotatable bonds is 5. The van der Waals surface area contributed by atoms with E-state index < -0.39 is 5.97 Å². The zero-order chi connectivity index (χ0) is 19.7. The molecule has 2 heterocycles. The first-order valence-electron chi connectivity index (χ1n) is 9.20. The summed E-state index contributed by atoms with van der Waals surface area (Å²) in [6, 6.07) is 9.48. The van der Waals surface area contributed by atoms with E-state index >= 15 is 0 Å². The van der Waals surface area contributed by atoms with E-state index in [0.29, 0.717) is 53.6 Å². The largest absolute Gasteiger partial charge is 0.481 e. The Labute approximate surface area is 166 Å². The molecule has 4 rings (SSSR count). The van der Waals surface area contributed by atoms with E-state index in [-0.39, 0.29) is 18.6 Å². The van der Waals surface area contributed by atoms with Crippen LogP contribution >= 0.6 is 11.6 Å². The van der Waals surface area contributed by atoms with Gasteiger partial charge < -0.3 is 14.9 Å². The Morgan fingerprint density at radius 3 is 2.68 bits per heavy atom. The Kier molecular flexibility index (Phi) is 5.19. The van der Waals surface area contributed by atoms with Crippen LogP contribution in [0.15, 0.2) is 30.3 Å². The number of aliphatic hydroxyl groups excluding tert-OH is 1. The van der Waals surface area contributed by atoms with Crippen LogP contribution in [0.25, 0.3) is 22.4 Å². The predicted molar refractivity (Wildman–Crippen MR) is 104 cm³/mol. The molecule has 1 saturated carbocycles. The number of carboxylic acid groups (broad SMARTS) is 1. The molecule has 0 atom stereocenters. The van der Waals surface area contributed by atoms with Crippen molar-refractivity contribution < 1.29 is 19.7 Å². The second-order valence-electron chi connectivity index (χ2n) is 6.97. The Balaban J connectivity index is 1.57. The molecule has 1 aliphatic rings. The lowest BCUT2D eigenvalue weighted by atomic mass is 9.87. The maximum Gasteiger partial charge on any atom is 0.306 e. The smallest absolute Gasteiger partial charge is 0.306 e. The number of nitrogens with zero attached hydrogens (tertiary/aromatic N) is 2. The Hall–Kier alpha value is -2.64. The van der Waals surface area contributed by atoms with Gasteiger partial charge in [0, 0.05) is 5.56 Å². The van der Waals surface area contributed by atoms with Gasteiger partial charge in [-0.3, -0.25) is 9.78 Å². The number of ether oxygens (including phenoxy) is 1. The van der Waals surface area contributed by atoms with Crippen LogP contribution in [0.3, 0.4) is 0 Å². The fraction of sp³-hybridized carbons (Fsp3) is 0.350. The van der Waals surface area contributed by atoms with E-state index in [2.05, 4.69) is 15.0 Å². The lowest BCUT2D eigenvalue weighted by Crippen LogP contribution is -2.28. The van der Waals surface area contributed by atoms with Gasteiger partial charge in [0.25, 0.3) is 6.01 Å². The van der Waals surface area contributed by atoms with E-state index in [4.69, 9.17) is 21.4 Å². The molecule has 7 nitrogen and oxygen atoms in total. The average molecular weight is 402 g/mol. The van der Waals surface area contributed by atoms with Gasteiger partial charge in [0.1, 0.15) is 11.6 Å². The minimum Gasteiger partial charge on any atom is -0.481 e. The van der Waals surface area contributed by atoms with E-state index in [1.54, 1.807) is 6.07 Å². The van der Waals surface area contributed by atoms with Crippen LogP contribution in [-0.2, 0) is 11.4 Å². The van der Waals surface area contributed by atoms with Gasteiger partial charge in [-0.2, -0.15) is 4.98 Å². The number of pyridine rings is 1. The second kappa shape index (κ2) is 7.77. The van der Waals surface area contributed by atoms with Gasteiger partial charge in [0.2, 0.25) is 0 Å². The van der Waals surface area contributed by atoms with Gasteiger partial charge in [-0.15, -0.1) is 0 Å². The molecule has 0 bridgehead atoms. The Morgan fingerprint density at radius 1 is 1.21 bits per heavy atom. The number of halogens is 1. The topological polar surface area (TPSA) is 108 Å². The number of H-pyrrole nitrogens is 1. The third-order valence-corrected chi connectivity index (χ3v) is 5.44. The summed E-state index contributed by atoms with van der Waals surface area (Å²) in [4.78, 5) is 23.1. The molecule has 8 heteroatoms. The number of aromatic amines is 1. The molecule has 1 aliphatic carbocycles. The van der Waals surface area contributed by atoms with Gasteiger partial charge in [-0.1, -0.05) is 35.9 Å². The summed E-state index contributed by atoms with van der Waals surface area (Å²) in [6.07, 6.45) is 2.49. The summed E-state index contributed by atoms with van der Waals surface area (Å²) in [5.41, 5.74) is 3.20. The molecule has 3 N–H and O–H groups in total. The third-order valence-electron chi connectivity index (χ3n) is 5.15. The maximum atomic E-state index is 11.1. The summed E-state index contributed by atoms with van der Waals surface area (Å²) < 4.78 is 5.92. The molecule has 0 aliphatic heterocycles. The first-order chi connectivity index (χ1) is 13.5. The van der Waals surface area contributed by atoms with Gasteiger partial charge in [-0.05, 0) is 37.3 Å². The van der Waals surface area contributed by atoms with Crippen molar-refractivity contribution in [2.24, 2.45) is 5.92 Å². The van der Waals surface area contributed by atoms with Crippen molar-refractivity contribution in [2.75, 3.05) is 0 Å². The standard InChI is InChI=1S/C20H20ClN3O4/c21-15-9-16-18(23-17(15)14-4-2-1-3-12(14)10-25)24-20(22-16)28-13-7-5-11(6-8-13)19(26)27/h1-4,9,11,13,25H,5-8,10H2,(H,26,27)(H,22,23,24)/t11-,13-. The number of imidazole rings is 1. The number of aliphatic hydroxyl groups is 1. The molecule has 0 amide bonds. The maximum absolute atomic E-state index is 11.1. The van der Waals surface area contributed by atoms with E-state index in [1.807, 2.05) is 24.3 Å². The normalized spacial score (nSPS) is 19.6. The highest BCUT2D eigenvalue weighted by atomic mass is 35.5. The molecule has 2 aromatic heterocycles. The van der Waals surface area contributed by atoms with Crippen LogP contribution in [0, 0.1) is 5.92 Å². The molecular weight excluding hydrogens is 382 g/mol. The van der Waals surface area contributed by atoms with Crippen molar-refractivity contribution in [3.8, 4) is 17.3 Å². The molecule has 3 aromatic rings. The minimum absolute atomic E-state index is 0.0683. The summed E-state index contributed by atoms with van der Waals surface area (Å²) >= 11 is 6.42. The number of aliphatic carboxylic acids is 1. The van der Waals surface area contributed by atoms with Crippen LogP contribution in [0.5, 0.6) is 6.01 Å². The monoisotopic (exact) mass is 401 g/mol. The summed E-state index contributed by atoms with van der Waals surface area (Å²) in [5, 5.41) is 19.1. The van der Waals surface area contributed by atoms with Gasteiger partial charge >= 0.3 is 5.97 Å². The minimum atomic E-state index is -0.739. The number of aromatic nitrogens is 3. The van der Waals surface area contributed by atoms with Crippen LogP contribution in [0.4, 0.5) is 0 Å². The van der Waals surface area contributed by atoms with E-state index in [9.17, 15) is 9.90 Å². The molecule has 0 radical (unpaired) electrons. The summed E-state index contributed by atoms with van der Waals surface area (Å²) in [5.74, 6) is -1.03. The average Bonchev–Trinajstić information content (AvgIpc) is 3.08. The van der Waals surface area contributed by atoms with Crippen molar-refractivity contribution in [3.05, 3.63) is 40.9 Å². The number of benzene rings is 1. The SMILES string of the molecule is O=C(O)[C@H]1CC[C@H](Oc2nc3cc(Cl)c(-c4ccccc4CO)nc3[nH]2)CC1. The zero-order valence-electron chi connectivity index (χ0n) is 15.1. The number of carbonyl (C=O) groups is 1. The Morgan fingerprint density at radius 2 is 1.96 bits per heavy atom. The zero-order valence-corrected chi connectivity index (χ0v) is 15.8. The molecular formula is C20H20ClN3O4. The van der Waals surface area contributed by atoms with Crippen LogP contribution in [-0.4, -0.2) is 37.2 Å². The van der Waals surface area contributed by atoms with Crippen molar-refractivity contribution in [2.45, 2.75) is 38.4 Å². The molecule has 28 heavy (non-hydrogen) atoms. The highest BCUT2D eigenvalue weighted by Crippen LogP contribution is 2.32. The van der Waals surface area contributed by atoms with Crippen molar-refractivity contribution in [3.63, 3.8) is 0 Å². The first-order valence-corrected chi connectivity index (χ1v) is 9.58. The predicted octanol–water partition coefficient (Wildman–Crippen LogP) is 3.79. The van der Waals surface area contributed by atoms with Gasteiger partial charge in [0.15, 0.2) is 5.65 Å². The number of nitrogens with one attached hydrogen (secondary N) is 1. The molecule has 0 spiro atoms. The number of carboxylic acids is 1. The van der Waals surface area contributed by atoms with Crippen LogP contribution in [0.1, 0.15) is 31.2 Å². The lowest BCUT2D eigenvalue weighted by molar-refractivity contribution is -0.143. The molecule has 1 aromatic carbocycles. The van der Waals surface area contributed by atoms with Gasteiger partial charge in [-0.25, -0.2) is 4.98 Å². The van der Waals surface area contributed by atoms with Gasteiger partial charge in [0.05, 0.1) is 23.2 Å². The quantitative estimate of drug-likeness (QED) is 0.600. The van der Waals surface area contributed by atoms with E-state index in [1.165, 1.54) is 0 Å². The van der Waals surface area contributed by atoms with Crippen molar-refractivity contribution >= 4 is 28.7 Å². The molecule has 1 fully saturated rings. The van der Waals surface area contributed by atoms with Crippen molar-refractivity contribution in [1.29, 1.82) is 0 Å². The van der Waals surface area contributed by atoms with E-state index in [0.717, 1.165) is 11.1 Å². The second-order valence-corrected chi connectivity index (χ2v) is 7.38. The van der Waals surface area contributed by atoms with Crippen molar-refractivity contribution in [1.82, 2.24) is 15.0 Å². The van der Waals surface area contributed by atoms with Crippen LogP contribution in [0.2, 0.25) is 5.02 Å². The lowest BCUT2D eigenvalue weighted by Gasteiger charge is -2.25. The Bertz CT molecular complexity index is 1010. The molecule has 146 valence electrons. The number of hydrogen-bond acceptors (Lipinski definition) is 5. The number of hydrogen-bond donors (Lipinski definition) is 3. The molecule has 0 unspecified atom stereocenters.